The van der Waals surface area contributed by atoms with E-state index in [1.54, 1.807) is 20.0 Å². The highest BCUT2D eigenvalue weighted by atomic mass is 32.2. The number of sulfone groups is 1. The third-order valence-corrected chi connectivity index (χ3v) is 3.65. The number of rotatable bonds is 5. The molecule has 0 fully saturated rings. The Labute approximate surface area is 108 Å². The number of aryl methyl sites for hydroxylation is 1. The molecular weight excluding hydrogens is 252 g/mol. The van der Waals surface area contributed by atoms with E-state index in [-0.39, 0.29) is 10.8 Å². The highest BCUT2D eigenvalue weighted by Crippen LogP contribution is 2.15. The van der Waals surface area contributed by atoms with E-state index < -0.39 is 9.84 Å². The molecule has 0 aromatic heterocycles. The van der Waals surface area contributed by atoms with Gasteiger partial charge in [0.1, 0.15) is 0 Å². The standard InChI is InChI=1S/C12H18N2O3S/c1-9-4-5-10(18(3,16)17)8-11(9)12(15)14-7-6-13-2/h4-5,8,13H,6-7H2,1-3H3,(H,14,15). The molecule has 0 aliphatic heterocycles. The summed E-state index contributed by atoms with van der Waals surface area (Å²) < 4.78 is 22.9. The minimum absolute atomic E-state index is 0.159. The first kappa shape index (κ1) is 14.7. The second-order valence-corrected chi connectivity index (χ2v) is 6.12. The lowest BCUT2D eigenvalue weighted by molar-refractivity contribution is 0.0953. The van der Waals surface area contributed by atoms with Crippen molar-refractivity contribution in [3.8, 4) is 0 Å². The van der Waals surface area contributed by atoms with Gasteiger partial charge in [0.15, 0.2) is 9.84 Å². The number of carbonyl (C=O) groups is 1. The Kier molecular flexibility index (Phi) is 4.86. The fourth-order valence-corrected chi connectivity index (χ4v) is 2.12. The highest BCUT2D eigenvalue weighted by molar-refractivity contribution is 7.90. The Bertz CT molecular complexity index is 538. The zero-order valence-electron chi connectivity index (χ0n) is 10.8. The average molecular weight is 270 g/mol. The number of benzene rings is 1. The van der Waals surface area contributed by atoms with Gasteiger partial charge in [-0.15, -0.1) is 0 Å². The van der Waals surface area contributed by atoms with Crippen molar-refractivity contribution in [3.63, 3.8) is 0 Å². The van der Waals surface area contributed by atoms with Gasteiger partial charge in [-0.2, -0.15) is 0 Å². The molecule has 100 valence electrons. The van der Waals surface area contributed by atoms with Crippen LogP contribution >= 0.6 is 0 Å². The van der Waals surface area contributed by atoms with Crippen LogP contribution in [0, 0.1) is 6.92 Å². The third-order valence-electron chi connectivity index (χ3n) is 2.54. The van der Waals surface area contributed by atoms with Gasteiger partial charge in [-0.25, -0.2) is 8.42 Å². The predicted molar refractivity (Wildman–Crippen MR) is 70.5 cm³/mol. The van der Waals surface area contributed by atoms with Crippen molar-refractivity contribution < 1.29 is 13.2 Å². The Morgan fingerprint density at radius 1 is 1.28 bits per heavy atom. The number of likely N-dealkylation sites (N-methyl/N-ethyl adjacent to an activating group) is 1. The molecule has 0 saturated heterocycles. The smallest absolute Gasteiger partial charge is 0.251 e. The van der Waals surface area contributed by atoms with Gasteiger partial charge in [0.2, 0.25) is 0 Å². The van der Waals surface area contributed by atoms with Crippen molar-refractivity contribution in [2.45, 2.75) is 11.8 Å². The number of hydrogen-bond acceptors (Lipinski definition) is 4. The van der Waals surface area contributed by atoms with Crippen molar-refractivity contribution in [3.05, 3.63) is 29.3 Å². The van der Waals surface area contributed by atoms with Crippen LogP contribution in [0.1, 0.15) is 15.9 Å². The van der Waals surface area contributed by atoms with Gasteiger partial charge < -0.3 is 10.6 Å². The summed E-state index contributed by atoms with van der Waals surface area (Å²) in [6.45, 7) is 2.94. The minimum Gasteiger partial charge on any atom is -0.351 e. The van der Waals surface area contributed by atoms with E-state index in [1.807, 2.05) is 0 Å². The first-order valence-corrected chi connectivity index (χ1v) is 7.49. The number of amides is 1. The van der Waals surface area contributed by atoms with Crippen molar-refractivity contribution in [2.75, 3.05) is 26.4 Å². The molecule has 0 spiro atoms. The Morgan fingerprint density at radius 3 is 2.50 bits per heavy atom. The van der Waals surface area contributed by atoms with E-state index in [2.05, 4.69) is 10.6 Å². The molecule has 2 N–H and O–H groups in total. The van der Waals surface area contributed by atoms with Crippen LogP contribution in [0.5, 0.6) is 0 Å². The van der Waals surface area contributed by atoms with Gasteiger partial charge in [-0.05, 0) is 31.7 Å². The van der Waals surface area contributed by atoms with Crippen LogP contribution in [0.2, 0.25) is 0 Å². The monoisotopic (exact) mass is 270 g/mol. The molecule has 1 amide bonds. The molecule has 18 heavy (non-hydrogen) atoms. The summed E-state index contributed by atoms with van der Waals surface area (Å²) in [6.07, 6.45) is 1.13. The lowest BCUT2D eigenvalue weighted by Crippen LogP contribution is -2.30. The molecule has 0 aliphatic rings. The summed E-state index contributed by atoms with van der Waals surface area (Å²) in [5, 5.41) is 5.64. The number of carbonyl (C=O) groups excluding carboxylic acids is 1. The Hall–Kier alpha value is -1.40. The molecule has 1 aromatic carbocycles. The molecular formula is C12H18N2O3S. The third kappa shape index (κ3) is 3.82. The molecule has 0 radical (unpaired) electrons. The Balaban J connectivity index is 2.97. The molecule has 6 heteroatoms. The SMILES string of the molecule is CNCCNC(=O)c1cc(S(C)(=O)=O)ccc1C. The summed E-state index contributed by atoms with van der Waals surface area (Å²) >= 11 is 0. The van der Waals surface area contributed by atoms with Gasteiger partial charge >= 0.3 is 0 Å². The predicted octanol–water partition coefficient (Wildman–Crippen LogP) is 0.348. The molecule has 0 unspecified atom stereocenters. The van der Waals surface area contributed by atoms with Crippen molar-refractivity contribution in [1.82, 2.24) is 10.6 Å². The summed E-state index contributed by atoms with van der Waals surface area (Å²) in [5.74, 6) is -0.256. The lowest BCUT2D eigenvalue weighted by Gasteiger charge is -2.09. The zero-order valence-corrected chi connectivity index (χ0v) is 11.6. The molecule has 0 aliphatic carbocycles. The fourth-order valence-electron chi connectivity index (χ4n) is 1.47. The fraction of sp³-hybridized carbons (Fsp3) is 0.417. The van der Waals surface area contributed by atoms with Crippen LogP contribution in [0.4, 0.5) is 0 Å². The van der Waals surface area contributed by atoms with E-state index >= 15 is 0 Å². The largest absolute Gasteiger partial charge is 0.351 e. The van der Waals surface area contributed by atoms with E-state index in [0.29, 0.717) is 18.7 Å². The molecule has 1 rings (SSSR count). The van der Waals surface area contributed by atoms with Gasteiger partial charge in [0.05, 0.1) is 4.90 Å². The summed E-state index contributed by atoms with van der Waals surface area (Å²) in [7, 11) is -1.50. The second-order valence-electron chi connectivity index (χ2n) is 4.11. The molecule has 0 bridgehead atoms. The van der Waals surface area contributed by atoms with Gasteiger partial charge in [0, 0.05) is 24.9 Å². The first-order valence-electron chi connectivity index (χ1n) is 5.59. The summed E-state index contributed by atoms with van der Waals surface area (Å²) in [5.41, 5.74) is 1.15. The lowest BCUT2D eigenvalue weighted by atomic mass is 10.1. The van der Waals surface area contributed by atoms with Gasteiger partial charge in [0.25, 0.3) is 5.91 Å². The molecule has 0 heterocycles. The topological polar surface area (TPSA) is 75.3 Å². The average Bonchev–Trinajstić information content (AvgIpc) is 2.28. The quantitative estimate of drug-likeness (QED) is 0.757. The normalized spacial score (nSPS) is 11.3. The van der Waals surface area contributed by atoms with Crippen LogP contribution in [0.3, 0.4) is 0 Å². The van der Waals surface area contributed by atoms with E-state index in [1.165, 1.54) is 12.1 Å². The van der Waals surface area contributed by atoms with Crippen LogP contribution in [-0.2, 0) is 9.84 Å². The summed E-state index contributed by atoms with van der Waals surface area (Å²) in [4.78, 5) is 12.0. The van der Waals surface area contributed by atoms with Crippen molar-refractivity contribution in [2.24, 2.45) is 0 Å². The maximum absolute atomic E-state index is 11.9. The maximum atomic E-state index is 11.9. The molecule has 0 saturated carbocycles. The van der Waals surface area contributed by atoms with E-state index in [4.69, 9.17) is 0 Å². The van der Waals surface area contributed by atoms with Gasteiger partial charge in [-0.1, -0.05) is 6.07 Å². The van der Waals surface area contributed by atoms with Crippen LogP contribution in [0.15, 0.2) is 23.1 Å². The van der Waals surface area contributed by atoms with Crippen LogP contribution in [-0.4, -0.2) is 40.7 Å². The van der Waals surface area contributed by atoms with Gasteiger partial charge in [-0.3, -0.25) is 4.79 Å². The first-order chi connectivity index (χ1) is 8.36. The van der Waals surface area contributed by atoms with Crippen molar-refractivity contribution >= 4 is 15.7 Å². The maximum Gasteiger partial charge on any atom is 0.251 e. The van der Waals surface area contributed by atoms with E-state index in [9.17, 15) is 13.2 Å². The molecule has 0 atom stereocenters. The Morgan fingerprint density at radius 2 is 1.94 bits per heavy atom. The number of nitrogens with one attached hydrogen (secondary N) is 2. The number of hydrogen-bond donors (Lipinski definition) is 2. The minimum atomic E-state index is -3.29. The zero-order chi connectivity index (χ0) is 13.8. The summed E-state index contributed by atoms with van der Waals surface area (Å²) in [6, 6.07) is 4.57. The van der Waals surface area contributed by atoms with E-state index in [0.717, 1.165) is 11.8 Å². The van der Waals surface area contributed by atoms with Crippen LogP contribution < -0.4 is 10.6 Å². The second kappa shape index (κ2) is 5.97. The highest BCUT2D eigenvalue weighted by Gasteiger charge is 2.13. The molecule has 5 nitrogen and oxygen atoms in total. The van der Waals surface area contributed by atoms with Crippen LogP contribution in [0.25, 0.3) is 0 Å². The molecule has 1 aromatic rings. The van der Waals surface area contributed by atoms with Crippen molar-refractivity contribution in [1.29, 1.82) is 0 Å².